The monoisotopic (exact) mass is 317 g/mol. The number of carbonyl (C=O) groups is 2. The normalized spacial score (nSPS) is 10.3. The Labute approximate surface area is 134 Å². The highest BCUT2D eigenvalue weighted by molar-refractivity contribution is 7.14. The number of amides is 1. The summed E-state index contributed by atoms with van der Waals surface area (Å²) in [4.78, 5) is 24.8. The number of ether oxygens (including phenoxy) is 1. The standard InChI is InChI=1S/C17H19NO3S/c1-11-9-16(22-12(11)2)17(20)18-15-6-4-5-14(10-15)7-8-21-13(3)19/h4-6,9-10H,7-8H2,1-3H3,(H,18,20). The highest BCUT2D eigenvalue weighted by atomic mass is 32.1. The van der Waals surface area contributed by atoms with E-state index in [2.05, 4.69) is 5.32 Å². The van der Waals surface area contributed by atoms with Crippen LogP contribution in [0.25, 0.3) is 0 Å². The van der Waals surface area contributed by atoms with Crippen LogP contribution in [0.2, 0.25) is 0 Å². The molecule has 2 rings (SSSR count). The Hall–Kier alpha value is -2.14. The average Bonchev–Trinajstić information content (AvgIpc) is 2.79. The Bertz CT molecular complexity index is 671. The van der Waals surface area contributed by atoms with Gasteiger partial charge in [-0.25, -0.2) is 0 Å². The van der Waals surface area contributed by atoms with Crippen molar-refractivity contribution in [1.82, 2.24) is 0 Å². The first kappa shape index (κ1) is 16.2. The van der Waals surface area contributed by atoms with Gasteiger partial charge in [0.15, 0.2) is 0 Å². The van der Waals surface area contributed by atoms with Crippen molar-refractivity contribution >= 4 is 28.9 Å². The molecule has 4 nitrogen and oxygen atoms in total. The molecule has 1 aromatic carbocycles. The van der Waals surface area contributed by atoms with Crippen LogP contribution in [-0.4, -0.2) is 18.5 Å². The van der Waals surface area contributed by atoms with Gasteiger partial charge >= 0.3 is 5.97 Å². The van der Waals surface area contributed by atoms with Crippen LogP contribution in [0.15, 0.2) is 30.3 Å². The van der Waals surface area contributed by atoms with Gasteiger partial charge in [-0.05, 0) is 43.2 Å². The number of hydrogen-bond acceptors (Lipinski definition) is 4. The number of rotatable bonds is 5. The van der Waals surface area contributed by atoms with Crippen molar-refractivity contribution in [2.75, 3.05) is 11.9 Å². The summed E-state index contributed by atoms with van der Waals surface area (Å²) >= 11 is 1.49. The molecule has 0 aliphatic heterocycles. The van der Waals surface area contributed by atoms with Crippen LogP contribution in [0.1, 0.15) is 32.6 Å². The van der Waals surface area contributed by atoms with E-state index < -0.39 is 0 Å². The first-order valence-corrected chi connectivity index (χ1v) is 7.88. The van der Waals surface area contributed by atoms with E-state index in [-0.39, 0.29) is 11.9 Å². The lowest BCUT2D eigenvalue weighted by atomic mass is 10.1. The zero-order chi connectivity index (χ0) is 16.1. The first-order chi connectivity index (χ1) is 10.5. The molecular weight excluding hydrogens is 298 g/mol. The molecule has 5 heteroatoms. The predicted octanol–water partition coefficient (Wildman–Crippen LogP) is 3.72. The van der Waals surface area contributed by atoms with Gasteiger partial charge in [0, 0.05) is 23.9 Å². The van der Waals surface area contributed by atoms with Gasteiger partial charge in [-0.3, -0.25) is 9.59 Å². The van der Waals surface area contributed by atoms with Gasteiger partial charge in [-0.15, -0.1) is 11.3 Å². The minimum atomic E-state index is -0.284. The van der Waals surface area contributed by atoms with Gasteiger partial charge in [0.1, 0.15) is 0 Å². The maximum absolute atomic E-state index is 12.2. The van der Waals surface area contributed by atoms with Gasteiger partial charge in [0.2, 0.25) is 0 Å². The summed E-state index contributed by atoms with van der Waals surface area (Å²) in [7, 11) is 0. The zero-order valence-corrected chi connectivity index (χ0v) is 13.8. The molecule has 1 heterocycles. The van der Waals surface area contributed by atoms with Gasteiger partial charge < -0.3 is 10.1 Å². The van der Waals surface area contributed by atoms with Crippen LogP contribution in [0.3, 0.4) is 0 Å². The number of anilines is 1. The lowest BCUT2D eigenvalue weighted by Gasteiger charge is -2.07. The SMILES string of the molecule is CC(=O)OCCc1cccc(NC(=O)c2cc(C)c(C)s2)c1. The molecule has 0 saturated heterocycles. The number of benzene rings is 1. The number of carbonyl (C=O) groups excluding carboxylic acids is 2. The molecule has 116 valence electrons. The zero-order valence-electron chi connectivity index (χ0n) is 12.9. The van der Waals surface area contributed by atoms with Crippen LogP contribution in [0.5, 0.6) is 0 Å². The second-order valence-electron chi connectivity index (χ2n) is 5.09. The Morgan fingerprint density at radius 1 is 1.23 bits per heavy atom. The van der Waals surface area contributed by atoms with Crippen LogP contribution >= 0.6 is 11.3 Å². The molecule has 0 bridgehead atoms. The summed E-state index contributed by atoms with van der Waals surface area (Å²) in [6.45, 7) is 5.74. The van der Waals surface area contributed by atoms with E-state index in [1.54, 1.807) is 0 Å². The van der Waals surface area contributed by atoms with E-state index in [1.807, 2.05) is 44.2 Å². The van der Waals surface area contributed by atoms with Gasteiger partial charge in [0.25, 0.3) is 5.91 Å². The van der Waals surface area contributed by atoms with Crippen LogP contribution in [0, 0.1) is 13.8 Å². The molecule has 22 heavy (non-hydrogen) atoms. The summed E-state index contributed by atoms with van der Waals surface area (Å²) in [5.41, 5.74) is 2.89. The fourth-order valence-electron chi connectivity index (χ4n) is 1.99. The topological polar surface area (TPSA) is 55.4 Å². The summed E-state index contributed by atoms with van der Waals surface area (Å²) in [6.07, 6.45) is 0.626. The van der Waals surface area contributed by atoms with Crippen molar-refractivity contribution in [3.05, 3.63) is 51.2 Å². The molecule has 1 N–H and O–H groups in total. The van der Waals surface area contributed by atoms with E-state index >= 15 is 0 Å². The number of esters is 1. The van der Waals surface area contributed by atoms with Crippen LogP contribution in [-0.2, 0) is 16.0 Å². The van der Waals surface area contributed by atoms with E-state index in [0.29, 0.717) is 17.9 Å². The molecule has 0 spiro atoms. The van der Waals surface area contributed by atoms with E-state index in [1.165, 1.54) is 18.3 Å². The maximum atomic E-state index is 12.2. The molecular formula is C17H19NO3S. The molecule has 0 radical (unpaired) electrons. The second-order valence-corrected chi connectivity index (χ2v) is 6.35. The fourth-order valence-corrected chi connectivity index (χ4v) is 2.92. The molecule has 0 unspecified atom stereocenters. The van der Waals surface area contributed by atoms with Crippen molar-refractivity contribution in [3.8, 4) is 0 Å². The molecule has 0 aliphatic rings. The van der Waals surface area contributed by atoms with E-state index in [4.69, 9.17) is 4.74 Å². The quantitative estimate of drug-likeness (QED) is 0.855. The van der Waals surface area contributed by atoms with Crippen LogP contribution in [0.4, 0.5) is 5.69 Å². The number of aryl methyl sites for hydroxylation is 2. The van der Waals surface area contributed by atoms with Gasteiger partial charge in [0.05, 0.1) is 11.5 Å². The third-order valence-corrected chi connectivity index (χ3v) is 4.42. The summed E-state index contributed by atoms with van der Waals surface area (Å²) in [5, 5.41) is 2.90. The highest BCUT2D eigenvalue weighted by Crippen LogP contribution is 2.22. The first-order valence-electron chi connectivity index (χ1n) is 7.06. The summed E-state index contributed by atoms with van der Waals surface area (Å²) in [5.74, 6) is -0.383. The highest BCUT2D eigenvalue weighted by Gasteiger charge is 2.11. The summed E-state index contributed by atoms with van der Waals surface area (Å²) in [6, 6.07) is 9.47. The third kappa shape index (κ3) is 4.43. The Kier molecular flexibility index (Phi) is 5.33. The Balaban J connectivity index is 2.00. The van der Waals surface area contributed by atoms with E-state index in [9.17, 15) is 9.59 Å². The van der Waals surface area contributed by atoms with Crippen molar-refractivity contribution in [2.24, 2.45) is 0 Å². The molecule has 1 amide bonds. The fraction of sp³-hybridized carbons (Fsp3) is 0.294. The predicted molar refractivity (Wildman–Crippen MR) is 88.5 cm³/mol. The van der Waals surface area contributed by atoms with E-state index in [0.717, 1.165) is 21.7 Å². The number of nitrogens with one attached hydrogen (secondary N) is 1. The largest absolute Gasteiger partial charge is 0.466 e. The van der Waals surface area contributed by atoms with Gasteiger partial charge in [-0.1, -0.05) is 12.1 Å². The summed E-state index contributed by atoms with van der Waals surface area (Å²) < 4.78 is 4.93. The van der Waals surface area contributed by atoms with Gasteiger partial charge in [-0.2, -0.15) is 0 Å². The molecule has 1 aromatic heterocycles. The Morgan fingerprint density at radius 2 is 2.00 bits per heavy atom. The lowest BCUT2D eigenvalue weighted by molar-refractivity contribution is -0.140. The number of thiophene rings is 1. The maximum Gasteiger partial charge on any atom is 0.302 e. The number of hydrogen-bond donors (Lipinski definition) is 1. The second kappa shape index (κ2) is 7.22. The van der Waals surface area contributed by atoms with Crippen molar-refractivity contribution in [2.45, 2.75) is 27.2 Å². The third-order valence-electron chi connectivity index (χ3n) is 3.27. The minimum Gasteiger partial charge on any atom is -0.466 e. The average molecular weight is 317 g/mol. The molecule has 0 aliphatic carbocycles. The molecule has 0 fully saturated rings. The molecule has 0 saturated carbocycles. The Morgan fingerprint density at radius 3 is 2.64 bits per heavy atom. The van der Waals surface area contributed by atoms with Crippen molar-refractivity contribution in [3.63, 3.8) is 0 Å². The minimum absolute atomic E-state index is 0.0988. The molecule has 0 atom stereocenters. The lowest BCUT2D eigenvalue weighted by Crippen LogP contribution is -2.10. The smallest absolute Gasteiger partial charge is 0.302 e. The van der Waals surface area contributed by atoms with Crippen LogP contribution < -0.4 is 5.32 Å². The van der Waals surface area contributed by atoms with Crippen molar-refractivity contribution in [1.29, 1.82) is 0 Å². The molecule has 2 aromatic rings. The van der Waals surface area contributed by atoms with Crippen molar-refractivity contribution < 1.29 is 14.3 Å².